The normalized spacial score (nSPS) is 11.9. The van der Waals surface area contributed by atoms with E-state index in [1.165, 1.54) is 0 Å². The Morgan fingerprint density at radius 3 is 1.60 bits per heavy atom. The average Bonchev–Trinajstić information content (AvgIpc) is 2.19. The summed E-state index contributed by atoms with van der Waals surface area (Å²) >= 11 is 0. The van der Waals surface area contributed by atoms with Crippen LogP contribution in [0.25, 0.3) is 0 Å². The Kier molecular flexibility index (Phi) is 14.7. The van der Waals surface area contributed by atoms with Crippen molar-refractivity contribution in [3.05, 3.63) is 48.6 Å². The van der Waals surface area contributed by atoms with Crippen LogP contribution in [0.2, 0.25) is 0 Å². The molecule has 0 radical (unpaired) electrons. The first kappa shape index (κ1) is 16.7. The topological polar surface area (TPSA) is 17.1 Å². The summed E-state index contributed by atoms with van der Waals surface area (Å²) in [5.74, 6) is 0.0199. The van der Waals surface area contributed by atoms with Gasteiger partial charge in [-0.25, -0.2) is 0 Å². The van der Waals surface area contributed by atoms with Crippen LogP contribution in [0.15, 0.2) is 48.6 Å². The van der Waals surface area contributed by atoms with E-state index in [0.29, 0.717) is 0 Å². The van der Waals surface area contributed by atoms with Crippen LogP contribution >= 0.6 is 0 Å². The summed E-state index contributed by atoms with van der Waals surface area (Å²) in [6.07, 6.45) is 16.4. The van der Waals surface area contributed by atoms with E-state index in [9.17, 15) is 4.79 Å². The van der Waals surface area contributed by atoms with Crippen molar-refractivity contribution in [2.75, 3.05) is 0 Å². The van der Waals surface area contributed by atoms with Crippen LogP contribution in [-0.2, 0) is 24.3 Å². The molecule has 15 heavy (non-hydrogen) atoms. The molecular weight excluding hydrogens is 273 g/mol. The summed E-state index contributed by atoms with van der Waals surface area (Å²) in [6, 6.07) is 0. The van der Waals surface area contributed by atoms with Crippen LogP contribution in [0.4, 0.5) is 0 Å². The first-order valence-electron chi connectivity index (χ1n) is 5.01. The fourth-order valence-corrected chi connectivity index (χ4v) is 0.786. The van der Waals surface area contributed by atoms with Gasteiger partial charge in [0.2, 0.25) is 0 Å². The summed E-state index contributed by atoms with van der Waals surface area (Å²) < 4.78 is 0. The van der Waals surface area contributed by atoms with Crippen LogP contribution in [0.1, 0.15) is 26.7 Å². The summed E-state index contributed by atoms with van der Waals surface area (Å²) in [5, 5.41) is 0. The molecule has 0 saturated carbocycles. The van der Waals surface area contributed by atoms with Crippen LogP contribution in [0.3, 0.4) is 0 Å². The molecule has 0 spiro atoms. The van der Waals surface area contributed by atoms with Crippen LogP contribution < -0.4 is 0 Å². The van der Waals surface area contributed by atoms with E-state index in [4.69, 9.17) is 0 Å². The monoisotopic (exact) mass is 292 g/mol. The van der Waals surface area contributed by atoms with Gasteiger partial charge < -0.3 is 0 Å². The third kappa shape index (κ3) is 13.3. The van der Waals surface area contributed by atoms with E-state index in [2.05, 4.69) is 13.8 Å². The number of hydrogen-bond donors (Lipinski definition) is 0. The summed E-state index contributed by atoms with van der Waals surface area (Å²) in [4.78, 5) is 11.1. The van der Waals surface area contributed by atoms with Crippen molar-refractivity contribution in [2.45, 2.75) is 26.7 Å². The molecule has 0 saturated heterocycles. The second kappa shape index (κ2) is 13.3. The van der Waals surface area contributed by atoms with Crippen molar-refractivity contribution in [3.63, 3.8) is 0 Å². The summed E-state index contributed by atoms with van der Waals surface area (Å²) in [6.45, 7) is 4.11. The Balaban J connectivity index is 0. The predicted molar refractivity (Wildman–Crippen MR) is 62.1 cm³/mol. The minimum atomic E-state index is 0. The van der Waals surface area contributed by atoms with Crippen molar-refractivity contribution in [3.8, 4) is 0 Å². The molecule has 0 bridgehead atoms. The van der Waals surface area contributed by atoms with Gasteiger partial charge in [0.05, 0.1) is 0 Å². The van der Waals surface area contributed by atoms with Gasteiger partial charge in [-0.1, -0.05) is 50.3 Å². The van der Waals surface area contributed by atoms with Crippen LogP contribution in [0, 0.1) is 0 Å². The quantitative estimate of drug-likeness (QED) is 0.415. The van der Waals surface area contributed by atoms with Crippen molar-refractivity contribution in [1.82, 2.24) is 0 Å². The van der Waals surface area contributed by atoms with Gasteiger partial charge in [-0.2, -0.15) is 0 Å². The zero-order valence-electron chi connectivity index (χ0n) is 9.29. The number of rotatable bonds is 6. The molecule has 84 valence electrons. The van der Waals surface area contributed by atoms with E-state index in [-0.39, 0.29) is 25.3 Å². The maximum atomic E-state index is 11.1. The Morgan fingerprint density at radius 1 is 0.867 bits per heavy atom. The maximum Gasteiger partial charge on any atom is 0.178 e. The smallest absolute Gasteiger partial charge is 0.178 e. The van der Waals surface area contributed by atoms with Gasteiger partial charge in [-0.05, 0) is 25.0 Å². The van der Waals surface area contributed by atoms with Crippen molar-refractivity contribution in [1.29, 1.82) is 0 Å². The minimum absolute atomic E-state index is 0. The second-order valence-electron chi connectivity index (χ2n) is 2.79. The molecule has 0 N–H and O–H groups in total. The maximum absolute atomic E-state index is 11.1. The number of hydrogen-bond acceptors (Lipinski definition) is 1. The first-order chi connectivity index (χ1) is 6.81. The Labute approximate surface area is 105 Å². The molecule has 1 nitrogen and oxygen atoms in total. The summed E-state index contributed by atoms with van der Waals surface area (Å²) in [7, 11) is 0. The Hall–Kier alpha value is -0.747. The van der Waals surface area contributed by atoms with Crippen molar-refractivity contribution < 1.29 is 24.3 Å². The molecular formula is C13H18ORu. The van der Waals surface area contributed by atoms with Gasteiger partial charge in [0.25, 0.3) is 0 Å². The molecule has 0 aromatic rings. The van der Waals surface area contributed by atoms with Gasteiger partial charge in [0.15, 0.2) is 5.78 Å². The molecule has 0 aliphatic heterocycles. The molecule has 0 heterocycles. The largest absolute Gasteiger partial charge is 0.290 e. The zero-order valence-corrected chi connectivity index (χ0v) is 11.0. The number of carbonyl (C=O) groups excluding carboxylic acids is 1. The molecule has 0 rings (SSSR count). The second-order valence-corrected chi connectivity index (χ2v) is 2.79. The number of ketones is 1. The number of carbonyl (C=O) groups is 1. The van der Waals surface area contributed by atoms with E-state index in [1.807, 2.05) is 24.3 Å². The zero-order chi connectivity index (χ0) is 10.6. The van der Waals surface area contributed by atoms with Gasteiger partial charge in [0.1, 0.15) is 0 Å². The van der Waals surface area contributed by atoms with Crippen molar-refractivity contribution in [2.24, 2.45) is 0 Å². The molecule has 0 amide bonds. The molecule has 0 fully saturated rings. The molecule has 0 aromatic carbocycles. The standard InChI is InChI=1S/C13H18O.Ru/c1-3-5-7-9-11-13(14)12-10-8-6-4-2;/h5-12H,3-4H2,1-2H3;. The molecule has 0 unspecified atom stereocenters. The minimum Gasteiger partial charge on any atom is -0.290 e. The molecule has 2 heteroatoms. The van der Waals surface area contributed by atoms with Gasteiger partial charge in [-0.3, -0.25) is 4.79 Å². The number of allylic oxidation sites excluding steroid dienone is 8. The third-order valence-corrected chi connectivity index (χ3v) is 1.49. The fraction of sp³-hybridized carbons (Fsp3) is 0.308. The van der Waals surface area contributed by atoms with Gasteiger partial charge >= 0.3 is 0 Å². The molecule has 0 atom stereocenters. The van der Waals surface area contributed by atoms with Gasteiger partial charge in [0, 0.05) is 19.5 Å². The Bertz CT molecular complexity index is 234. The molecule has 0 aliphatic carbocycles. The van der Waals surface area contributed by atoms with E-state index < -0.39 is 0 Å². The van der Waals surface area contributed by atoms with Crippen LogP contribution in [-0.4, -0.2) is 5.78 Å². The van der Waals surface area contributed by atoms with Crippen molar-refractivity contribution >= 4 is 5.78 Å². The third-order valence-electron chi connectivity index (χ3n) is 1.49. The predicted octanol–water partition coefficient (Wildman–Crippen LogP) is 3.60. The first-order valence-corrected chi connectivity index (χ1v) is 5.01. The average molecular weight is 291 g/mol. The fourth-order valence-electron chi connectivity index (χ4n) is 0.786. The van der Waals surface area contributed by atoms with Gasteiger partial charge in [-0.15, -0.1) is 0 Å². The van der Waals surface area contributed by atoms with E-state index in [1.54, 1.807) is 24.3 Å². The van der Waals surface area contributed by atoms with E-state index >= 15 is 0 Å². The summed E-state index contributed by atoms with van der Waals surface area (Å²) in [5.41, 5.74) is 0. The van der Waals surface area contributed by atoms with E-state index in [0.717, 1.165) is 12.8 Å². The molecule has 0 aromatic heterocycles. The molecule has 0 aliphatic rings. The Morgan fingerprint density at radius 2 is 1.27 bits per heavy atom. The van der Waals surface area contributed by atoms with Crippen LogP contribution in [0.5, 0.6) is 0 Å². The SMILES string of the molecule is CCC=CC=CC(=O)C=CC=CCC.[Ru].